The van der Waals surface area contributed by atoms with Crippen molar-refractivity contribution in [2.45, 2.75) is 62.2 Å². The van der Waals surface area contributed by atoms with Crippen LogP contribution in [0, 0.1) is 0 Å². The molecule has 1 aliphatic carbocycles. The van der Waals surface area contributed by atoms with E-state index >= 15 is 0 Å². The molecule has 39 heavy (non-hydrogen) atoms. The van der Waals surface area contributed by atoms with Crippen LogP contribution in [0.25, 0.3) is 10.9 Å². The zero-order valence-electron chi connectivity index (χ0n) is 21.9. The number of ether oxygens (including phenoxy) is 2. The summed E-state index contributed by atoms with van der Waals surface area (Å²) in [5.74, 6) is 0.699. The quantitative estimate of drug-likeness (QED) is 0.186. The van der Waals surface area contributed by atoms with Crippen LogP contribution < -0.4 is 10.6 Å². The fraction of sp³-hybridized carbons (Fsp3) is 0.483. The molecular weight excluding hydrogens is 538 g/mol. The van der Waals surface area contributed by atoms with Crippen molar-refractivity contribution >= 4 is 39.8 Å². The molecule has 1 aromatic heterocycles. The minimum absolute atomic E-state index is 0.151. The van der Waals surface area contributed by atoms with E-state index in [1.54, 1.807) is 7.11 Å². The number of methoxy groups -OCH3 is 1. The molecule has 2 aliphatic rings. The number of rotatable bonds is 10. The highest BCUT2D eigenvalue weighted by Crippen LogP contribution is 2.40. The molecule has 5 N–H and O–H groups in total. The molecule has 1 aliphatic heterocycles. The van der Waals surface area contributed by atoms with Gasteiger partial charge >= 0.3 is 0 Å². The van der Waals surface area contributed by atoms with Gasteiger partial charge in [0.1, 0.15) is 24.4 Å². The third-order valence-electron chi connectivity index (χ3n) is 7.54. The van der Waals surface area contributed by atoms with Gasteiger partial charge in [0.15, 0.2) is 11.3 Å². The summed E-state index contributed by atoms with van der Waals surface area (Å²) in [6.07, 6.45) is 0.0900. The highest BCUT2D eigenvalue weighted by molar-refractivity contribution is 7.80. The Hall–Kier alpha value is -2.24. The fourth-order valence-electron chi connectivity index (χ4n) is 5.24. The number of thiocarbonyl (C=S) groups is 1. The number of nitrogens with zero attached hydrogens (tertiary/aromatic N) is 1. The topological polar surface area (TPSA) is 108 Å². The largest absolute Gasteiger partial charge is 0.388 e. The van der Waals surface area contributed by atoms with Crippen molar-refractivity contribution in [3.8, 4) is 0 Å². The lowest BCUT2D eigenvalue weighted by molar-refractivity contribution is -0.241. The Morgan fingerprint density at radius 2 is 1.85 bits per heavy atom. The van der Waals surface area contributed by atoms with Crippen molar-refractivity contribution < 1.29 is 24.8 Å². The molecule has 3 aromatic rings. The van der Waals surface area contributed by atoms with Crippen LogP contribution >= 0.6 is 23.8 Å². The zero-order chi connectivity index (χ0) is 27.5. The van der Waals surface area contributed by atoms with Gasteiger partial charge in [-0.3, -0.25) is 0 Å². The number of hydrogen-bond acceptors (Lipinski definition) is 6. The summed E-state index contributed by atoms with van der Waals surface area (Å²) in [6.45, 7) is 1.41. The smallest absolute Gasteiger partial charge is 0.166 e. The number of benzene rings is 2. The lowest BCUT2D eigenvalue weighted by Crippen LogP contribution is -2.58. The van der Waals surface area contributed by atoms with Crippen LogP contribution in [0.4, 0.5) is 0 Å². The summed E-state index contributed by atoms with van der Waals surface area (Å²) in [4.78, 5) is 0. The Kier molecular flexibility index (Phi) is 9.08. The standard InChI is InChI=1S/C29H36ClN3O5S/c1-37-13-3-12-31-29(39)32-15-23-25(34)26(35)27(36)28(38-23)33-16-20(24-21(30)4-2-5-22(24)33)14-17-6-8-18(9-7-17)19-10-11-19/h2,4-9,16,19,23,25-28,34-36H,3,10-15H2,1H3,(H2,31,32,39)/t23-,25-,26+,27-,28-/m1/s1. The summed E-state index contributed by atoms with van der Waals surface area (Å²) in [7, 11) is 1.64. The first-order valence-electron chi connectivity index (χ1n) is 13.4. The maximum Gasteiger partial charge on any atom is 0.166 e. The summed E-state index contributed by atoms with van der Waals surface area (Å²) in [5.41, 5.74) is 4.31. The van der Waals surface area contributed by atoms with E-state index in [1.807, 2.05) is 29.0 Å². The molecule has 10 heteroatoms. The van der Waals surface area contributed by atoms with E-state index in [9.17, 15) is 15.3 Å². The van der Waals surface area contributed by atoms with E-state index in [0.717, 1.165) is 28.5 Å². The second kappa shape index (κ2) is 12.5. The summed E-state index contributed by atoms with van der Waals surface area (Å²) >= 11 is 12.0. The van der Waals surface area contributed by atoms with Crippen molar-refractivity contribution in [3.63, 3.8) is 0 Å². The van der Waals surface area contributed by atoms with Crippen molar-refractivity contribution in [2.24, 2.45) is 0 Å². The molecule has 210 valence electrons. The maximum absolute atomic E-state index is 11.0. The number of fused-ring (bicyclic) bond motifs is 1. The maximum atomic E-state index is 11.0. The van der Waals surface area contributed by atoms with Gasteiger partial charge in [-0.1, -0.05) is 41.9 Å². The van der Waals surface area contributed by atoms with E-state index in [4.69, 9.17) is 33.3 Å². The first-order valence-corrected chi connectivity index (χ1v) is 14.2. The second-order valence-corrected chi connectivity index (χ2v) is 11.2. The van der Waals surface area contributed by atoms with Gasteiger partial charge in [0.05, 0.1) is 10.5 Å². The highest BCUT2D eigenvalue weighted by atomic mass is 35.5. The first kappa shape index (κ1) is 28.3. The number of aliphatic hydroxyl groups excluding tert-OH is 3. The molecule has 2 aromatic carbocycles. The van der Waals surface area contributed by atoms with Gasteiger partial charge in [0, 0.05) is 38.4 Å². The van der Waals surface area contributed by atoms with Gasteiger partial charge < -0.3 is 40.0 Å². The first-order chi connectivity index (χ1) is 18.9. The van der Waals surface area contributed by atoms with Crippen LogP contribution in [-0.2, 0) is 15.9 Å². The van der Waals surface area contributed by atoms with E-state index in [1.165, 1.54) is 18.4 Å². The van der Waals surface area contributed by atoms with Crippen molar-refractivity contribution in [1.82, 2.24) is 15.2 Å². The average molecular weight is 574 g/mol. The van der Waals surface area contributed by atoms with Crippen LogP contribution in [0.15, 0.2) is 48.7 Å². The lowest BCUT2D eigenvalue weighted by Gasteiger charge is -2.41. The minimum Gasteiger partial charge on any atom is -0.388 e. The zero-order valence-corrected chi connectivity index (χ0v) is 23.5. The van der Waals surface area contributed by atoms with Gasteiger partial charge in [0.25, 0.3) is 0 Å². The number of nitrogens with one attached hydrogen (secondary N) is 2. The predicted molar refractivity (Wildman–Crippen MR) is 155 cm³/mol. The number of aromatic nitrogens is 1. The van der Waals surface area contributed by atoms with Crippen molar-refractivity contribution in [1.29, 1.82) is 0 Å². The van der Waals surface area contributed by atoms with Crippen LogP contribution in [0.2, 0.25) is 5.02 Å². The fourth-order valence-corrected chi connectivity index (χ4v) is 5.72. The second-order valence-electron chi connectivity index (χ2n) is 10.4. The van der Waals surface area contributed by atoms with Gasteiger partial charge in [-0.2, -0.15) is 0 Å². The van der Waals surface area contributed by atoms with E-state index in [0.29, 0.717) is 35.6 Å². The van der Waals surface area contributed by atoms with E-state index < -0.39 is 30.6 Å². The molecule has 8 nitrogen and oxygen atoms in total. The molecule has 0 bridgehead atoms. The minimum atomic E-state index is -1.41. The van der Waals surface area contributed by atoms with E-state index in [-0.39, 0.29) is 6.54 Å². The van der Waals surface area contributed by atoms with Gasteiger partial charge in [-0.25, -0.2) is 0 Å². The molecule has 0 spiro atoms. The molecule has 1 saturated carbocycles. The summed E-state index contributed by atoms with van der Waals surface area (Å²) in [6, 6.07) is 14.3. The molecular formula is C29H36ClN3O5S. The third kappa shape index (κ3) is 6.41. The van der Waals surface area contributed by atoms with Crippen LogP contribution in [0.5, 0.6) is 0 Å². The average Bonchev–Trinajstić information content (AvgIpc) is 3.72. The molecule has 2 heterocycles. The molecule has 0 amide bonds. The lowest BCUT2D eigenvalue weighted by atomic mass is 9.97. The Morgan fingerprint density at radius 3 is 2.56 bits per heavy atom. The normalized spacial score (nSPS) is 25.1. The van der Waals surface area contributed by atoms with Crippen LogP contribution in [-0.4, -0.2) is 76.2 Å². The molecule has 1 saturated heterocycles. The van der Waals surface area contributed by atoms with Crippen molar-refractivity contribution in [2.75, 3.05) is 26.8 Å². The summed E-state index contributed by atoms with van der Waals surface area (Å²) in [5, 5.41) is 40.4. The number of halogens is 1. The van der Waals surface area contributed by atoms with Crippen LogP contribution in [0.3, 0.4) is 0 Å². The molecule has 5 atom stereocenters. The predicted octanol–water partition coefficient (Wildman–Crippen LogP) is 3.24. The number of hydrogen-bond donors (Lipinski definition) is 5. The Morgan fingerprint density at radius 1 is 1.08 bits per heavy atom. The Bertz CT molecular complexity index is 1280. The van der Waals surface area contributed by atoms with Crippen molar-refractivity contribution in [3.05, 3.63) is 70.4 Å². The van der Waals surface area contributed by atoms with Gasteiger partial charge in [-0.15, -0.1) is 0 Å². The molecule has 0 unspecified atom stereocenters. The molecule has 2 fully saturated rings. The van der Waals surface area contributed by atoms with Crippen LogP contribution in [0.1, 0.15) is 48.1 Å². The highest BCUT2D eigenvalue weighted by Gasteiger charge is 2.44. The molecule has 0 radical (unpaired) electrons. The SMILES string of the molecule is COCCCNC(=S)NC[C@H]1O[C@@H](n2cc(Cc3ccc(C4CC4)cc3)c3c(Cl)cccc32)[C@H](O)[C@@H](O)[C@@H]1O. The monoisotopic (exact) mass is 573 g/mol. The van der Waals surface area contributed by atoms with Gasteiger partial charge in [-0.05, 0) is 72.6 Å². The summed E-state index contributed by atoms with van der Waals surface area (Å²) < 4.78 is 13.1. The van der Waals surface area contributed by atoms with E-state index in [2.05, 4.69) is 34.9 Å². The number of aliphatic hydroxyl groups is 3. The third-order valence-corrected chi connectivity index (χ3v) is 8.15. The van der Waals surface area contributed by atoms with Gasteiger partial charge in [0.2, 0.25) is 0 Å². The Labute approximate surface area is 238 Å². The Balaban J connectivity index is 1.36. The molecule has 5 rings (SSSR count).